The third-order valence-electron chi connectivity index (χ3n) is 14.4. The molecule has 5 atom stereocenters. The molecule has 0 spiro atoms. The number of thiophene rings is 1. The van der Waals surface area contributed by atoms with Gasteiger partial charge in [-0.05, 0) is 66.0 Å². The van der Waals surface area contributed by atoms with Crippen LogP contribution in [0.25, 0.3) is 10.1 Å². The number of carbonyl (C=O) groups excluding carboxylic acids is 8. The highest BCUT2D eigenvalue weighted by Gasteiger charge is 2.51. The number of morpholine rings is 1. The first kappa shape index (κ1) is 58.4. The number of imide groups is 2. The summed E-state index contributed by atoms with van der Waals surface area (Å²) in [6, 6.07) is 15.3. The molecule has 8 rings (SSSR count). The molecule has 79 heavy (non-hydrogen) atoms. The predicted octanol–water partition coefficient (Wildman–Crippen LogP) is 6.16. The van der Waals surface area contributed by atoms with Crippen molar-refractivity contribution in [1.82, 2.24) is 30.7 Å². The fourth-order valence-corrected chi connectivity index (χ4v) is 11.6. The van der Waals surface area contributed by atoms with Gasteiger partial charge in [0.15, 0.2) is 0 Å². The highest BCUT2D eigenvalue weighted by atomic mass is 32.1. The van der Waals surface area contributed by atoms with E-state index in [1.54, 1.807) is 37.8 Å². The van der Waals surface area contributed by atoms with Crippen LogP contribution in [0.15, 0.2) is 72.8 Å². The van der Waals surface area contributed by atoms with Crippen molar-refractivity contribution in [3.05, 3.63) is 105 Å². The summed E-state index contributed by atoms with van der Waals surface area (Å²) in [6.07, 6.45) is 4.72. The second kappa shape index (κ2) is 24.7. The van der Waals surface area contributed by atoms with E-state index in [9.17, 15) is 61.5 Å². The molecule has 5 N–H and O–H groups in total. The number of nitrogens with zero attached hydrogens (tertiary/aromatic N) is 3. The van der Waals surface area contributed by atoms with Crippen LogP contribution >= 0.6 is 18.9 Å². The number of unbranched alkanes of at least 4 members (excludes halogenated alkanes) is 6. The zero-order chi connectivity index (χ0) is 56.8. The Labute approximate surface area is 459 Å². The van der Waals surface area contributed by atoms with E-state index in [1.165, 1.54) is 23.1 Å². The van der Waals surface area contributed by atoms with Gasteiger partial charge in [0.25, 0.3) is 17.7 Å². The summed E-state index contributed by atoms with van der Waals surface area (Å²) < 4.78 is 53.2. The first-order chi connectivity index (χ1) is 37.5. The number of piperidine rings is 1. The van der Waals surface area contributed by atoms with E-state index in [4.69, 9.17) is 9.47 Å². The lowest BCUT2D eigenvalue weighted by Gasteiger charge is -2.38. The Kier molecular flexibility index (Phi) is 18.3. The number of fused-ring (bicyclic) bond motifs is 2. The van der Waals surface area contributed by atoms with Crippen molar-refractivity contribution in [2.45, 2.75) is 121 Å². The molecule has 5 heterocycles. The summed E-state index contributed by atoms with van der Waals surface area (Å²) in [5, 5.41) is 8.02. The Bertz CT molecular complexity index is 3130. The molecule has 1 aromatic heterocycles. The van der Waals surface area contributed by atoms with Crippen molar-refractivity contribution >= 4 is 76.3 Å². The number of amides is 8. The third kappa shape index (κ3) is 13.5. The molecule has 0 radical (unpaired) electrons. The lowest BCUT2D eigenvalue weighted by Crippen LogP contribution is -2.58. The molecule has 8 amide bonds. The summed E-state index contributed by atoms with van der Waals surface area (Å²) in [7, 11) is -5.86. The number of nitrogens with one attached hydrogen (secondary N) is 3. The number of rotatable bonds is 19. The van der Waals surface area contributed by atoms with Gasteiger partial charge in [0.05, 0.1) is 35.3 Å². The zero-order valence-corrected chi connectivity index (χ0v) is 45.7. The van der Waals surface area contributed by atoms with Crippen LogP contribution < -0.4 is 16.0 Å². The molecular formula is C56H63F2N6O13PS. The van der Waals surface area contributed by atoms with Gasteiger partial charge in [-0.3, -0.25) is 53.1 Å². The van der Waals surface area contributed by atoms with Crippen LogP contribution in [-0.2, 0) is 43.7 Å². The smallest absolute Gasteiger partial charge is 0.370 e. The minimum Gasteiger partial charge on any atom is -0.370 e. The fraction of sp³-hybridized carbons (Fsp3) is 0.464. The molecule has 0 bridgehead atoms. The maximum Gasteiger partial charge on any atom is 0.399 e. The molecule has 3 saturated heterocycles. The number of ether oxygens (including phenoxy) is 2. The van der Waals surface area contributed by atoms with Gasteiger partial charge in [-0.25, -0.2) is 0 Å². The second-order valence-electron chi connectivity index (χ2n) is 21.1. The van der Waals surface area contributed by atoms with Crippen LogP contribution in [0.4, 0.5) is 8.78 Å². The molecule has 0 aliphatic carbocycles. The van der Waals surface area contributed by atoms with Crippen LogP contribution in [0, 0.1) is 17.3 Å². The highest BCUT2D eigenvalue weighted by molar-refractivity contribution is 7.52. The average molecular weight is 1130 g/mol. The molecule has 3 aromatic carbocycles. The van der Waals surface area contributed by atoms with Gasteiger partial charge in [-0.15, -0.1) is 11.3 Å². The van der Waals surface area contributed by atoms with E-state index in [0.29, 0.717) is 29.6 Å². The topological polar surface area (TPSA) is 258 Å². The molecule has 2 unspecified atom stereocenters. The molecule has 420 valence electrons. The summed E-state index contributed by atoms with van der Waals surface area (Å²) in [5.41, 5.74) is -4.68. The van der Waals surface area contributed by atoms with Crippen LogP contribution in [-0.4, -0.2) is 135 Å². The standard InChI is InChI=1S/C56H63F2N6O13PS/c1-55(2,3)48(61-50(68)44-29-36-28-37(21-23-43(36)79-44)56(57,58)78(73,74)75)54(72)63-31-38(30-41(63)52(70)62-26-27-76-42(32-62)34-16-12-10-13-17-34)77-33-46(66)59-25-14-9-7-5-4-6-8-11-18-35-19-15-20-39-47(35)53(71)64(51(39)69)40-22-24-45(65)60-49(40)67/h10,12-13,15-17,19-21,23,28-29,38,40-42,48H,4-9,14,22,24-27,30-33H2,1-3H3,(H,59,66)(H,61,68)(H,60,65,67)(H2,73,74,75)/t38-,40?,41-,42?,48+/m0/s1. The fourth-order valence-electron chi connectivity index (χ4n) is 10.1. The number of hydrogen-bond acceptors (Lipinski definition) is 12. The Morgan fingerprint density at radius 2 is 1.66 bits per heavy atom. The summed E-state index contributed by atoms with van der Waals surface area (Å²) >= 11 is 0.941. The van der Waals surface area contributed by atoms with E-state index >= 15 is 0 Å². The van der Waals surface area contributed by atoms with Crippen LogP contribution in [0.5, 0.6) is 0 Å². The lowest BCUT2D eigenvalue weighted by atomic mass is 9.85. The Morgan fingerprint density at radius 3 is 2.38 bits per heavy atom. The third-order valence-corrected chi connectivity index (χ3v) is 16.5. The van der Waals surface area contributed by atoms with Crippen molar-refractivity contribution < 1.29 is 71.0 Å². The first-order valence-corrected chi connectivity index (χ1v) is 28.7. The van der Waals surface area contributed by atoms with Crippen LogP contribution in [0.1, 0.15) is 138 Å². The largest absolute Gasteiger partial charge is 0.399 e. The second-order valence-corrected chi connectivity index (χ2v) is 23.9. The normalized spacial score (nSPS) is 20.2. The van der Waals surface area contributed by atoms with Gasteiger partial charge in [-0.1, -0.05) is 101 Å². The number of halogens is 2. The first-order valence-electron chi connectivity index (χ1n) is 26.3. The molecule has 19 nitrogen and oxygen atoms in total. The summed E-state index contributed by atoms with van der Waals surface area (Å²) in [4.78, 5) is 129. The van der Waals surface area contributed by atoms with E-state index in [-0.39, 0.29) is 85.3 Å². The number of alkyl halides is 2. The summed E-state index contributed by atoms with van der Waals surface area (Å²) in [6.45, 7) is 5.96. The van der Waals surface area contributed by atoms with Crippen molar-refractivity contribution in [2.24, 2.45) is 5.41 Å². The molecule has 4 aliphatic heterocycles. The quantitative estimate of drug-likeness (QED) is 0.0306. The average Bonchev–Trinajstić information content (AvgIpc) is 4.34. The maximum absolute atomic E-state index is 14.8. The SMILES string of the molecule is CC(C)(C)[C@H](NC(=O)c1cc2cc(C(F)(F)P(=O)(O)O)ccc2s1)C(=O)N1C[C@@H](OCC(=O)NCCCCCCCCC#Cc2cccc3c2C(=O)N(C2CCC(=O)NC2=O)C3=O)C[C@H]1C(=O)N1CCOC(c2ccccc2)C1. The van der Waals surface area contributed by atoms with Gasteiger partial charge in [0, 0.05) is 54.7 Å². The summed E-state index contributed by atoms with van der Waals surface area (Å²) in [5.74, 6) is 1.82. The predicted molar refractivity (Wildman–Crippen MR) is 285 cm³/mol. The molecule has 4 aliphatic rings. The Morgan fingerprint density at radius 1 is 0.924 bits per heavy atom. The van der Waals surface area contributed by atoms with Gasteiger partial charge < -0.3 is 39.7 Å². The minimum absolute atomic E-state index is 0.0295. The zero-order valence-electron chi connectivity index (χ0n) is 44.0. The Balaban J connectivity index is 0.820. The van der Waals surface area contributed by atoms with Gasteiger partial charge in [-0.2, -0.15) is 8.78 Å². The van der Waals surface area contributed by atoms with Gasteiger partial charge in [0.1, 0.15) is 30.8 Å². The van der Waals surface area contributed by atoms with Crippen molar-refractivity contribution in [3.8, 4) is 11.8 Å². The highest BCUT2D eigenvalue weighted by Crippen LogP contribution is 2.59. The molecule has 3 fully saturated rings. The number of likely N-dealkylation sites (tertiary alicyclic amines) is 1. The van der Waals surface area contributed by atoms with Crippen molar-refractivity contribution in [2.75, 3.05) is 39.4 Å². The van der Waals surface area contributed by atoms with Gasteiger partial charge in [0.2, 0.25) is 29.5 Å². The Hall–Kier alpha value is -6.73. The lowest BCUT2D eigenvalue weighted by molar-refractivity contribution is -0.150. The van der Waals surface area contributed by atoms with Crippen molar-refractivity contribution in [3.63, 3.8) is 0 Å². The minimum atomic E-state index is -5.86. The monoisotopic (exact) mass is 1130 g/mol. The molecule has 23 heteroatoms. The maximum atomic E-state index is 14.8. The molecule has 0 saturated carbocycles. The van der Waals surface area contributed by atoms with E-state index in [0.717, 1.165) is 66.0 Å². The van der Waals surface area contributed by atoms with Crippen molar-refractivity contribution in [1.29, 1.82) is 0 Å². The number of benzene rings is 3. The van der Waals surface area contributed by atoms with E-state index in [2.05, 4.69) is 27.8 Å². The van der Waals surface area contributed by atoms with Crippen LogP contribution in [0.3, 0.4) is 0 Å². The van der Waals surface area contributed by atoms with E-state index in [1.807, 2.05) is 30.3 Å². The van der Waals surface area contributed by atoms with E-state index < -0.39 is 90.0 Å². The molecular weight excluding hydrogens is 1070 g/mol. The molecule has 4 aromatic rings. The van der Waals surface area contributed by atoms with Crippen LogP contribution in [0.2, 0.25) is 0 Å². The van der Waals surface area contributed by atoms with Gasteiger partial charge >= 0.3 is 13.3 Å². The number of carbonyl (C=O) groups is 8. The number of hydrogen-bond donors (Lipinski definition) is 5.